The summed E-state index contributed by atoms with van der Waals surface area (Å²) in [4.78, 5) is 10.5. The lowest BCUT2D eigenvalue weighted by Gasteiger charge is -1.97. The lowest BCUT2D eigenvalue weighted by molar-refractivity contribution is 0.112. The second kappa shape index (κ2) is 2.64. The fourth-order valence-corrected chi connectivity index (χ4v) is 1.62. The first-order chi connectivity index (χ1) is 6.88. The van der Waals surface area contributed by atoms with E-state index in [9.17, 15) is 4.79 Å². The Bertz CT molecular complexity index is 499. The highest BCUT2D eigenvalue weighted by molar-refractivity contribution is 5.84. The molecule has 1 saturated carbocycles. The van der Waals surface area contributed by atoms with Crippen molar-refractivity contribution in [2.24, 2.45) is 0 Å². The van der Waals surface area contributed by atoms with Crippen LogP contribution in [0.25, 0.3) is 11.0 Å². The number of benzene rings is 1. The van der Waals surface area contributed by atoms with Crippen LogP contribution in [0.3, 0.4) is 0 Å². The molecule has 0 spiro atoms. The molecule has 1 fully saturated rings. The minimum absolute atomic E-state index is 0.530. The molecule has 70 valence electrons. The number of hydrogen-bond acceptors (Lipinski definition) is 3. The molecule has 1 aliphatic rings. The third-order valence-corrected chi connectivity index (χ3v) is 2.52. The van der Waals surface area contributed by atoms with Gasteiger partial charge in [0.2, 0.25) is 0 Å². The van der Waals surface area contributed by atoms with Crippen LogP contribution in [0.2, 0.25) is 0 Å². The van der Waals surface area contributed by atoms with Gasteiger partial charge in [0.15, 0.2) is 0 Å². The van der Waals surface area contributed by atoms with Crippen molar-refractivity contribution in [1.82, 2.24) is 15.0 Å². The van der Waals surface area contributed by atoms with Gasteiger partial charge in [-0.15, -0.1) is 5.10 Å². The number of carbonyl (C=O) groups excluding carboxylic acids is 1. The SMILES string of the molecule is O=Cc1ccc2c(c1)nnn2C1CC1. The summed E-state index contributed by atoms with van der Waals surface area (Å²) in [6.45, 7) is 0. The third kappa shape index (κ3) is 1.04. The molecule has 0 aliphatic heterocycles. The first kappa shape index (κ1) is 7.67. The van der Waals surface area contributed by atoms with E-state index in [-0.39, 0.29) is 0 Å². The Labute approximate surface area is 80.5 Å². The van der Waals surface area contributed by atoms with Crippen LogP contribution in [0.4, 0.5) is 0 Å². The van der Waals surface area contributed by atoms with Gasteiger partial charge in [0.25, 0.3) is 0 Å². The first-order valence-corrected chi connectivity index (χ1v) is 4.68. The van der Waals surface area contributed by atoms with Crippen LogP contribution < -0.4 is 0 Å². The number of carbonyl (C=O) groups is 1. The maximum atomic E-state index is 10.5. The summed E-state index contributed by atoms with van der Waals surface area (Å²) in [5, 5.41) is 8.13. The molecule has 0 saturated heterocycles. The summed E-state index contributed by atoms with van der Waals surface area (Å²) in [6.07, 6.45) is 3.21. The largest absolute Gasteiger partial charge is 0.298 e. The van der Waals surface area contributed by atoms with Gasteiger partial charge in [-0.05, 0) is 31.0 Å². The maximum Gasteiger partial charge on any atom is 0.150 e. The maximum absolute atomic E-state index is 10.5. The lowest BCUT2D eigenvalue weighted by atomic mass is 10.2. The van der Waals surface area contributed by atoms with Gasteiger partial charge < -0.3 is 0 Å². The molecular weight excluding hydrogens is 178 g/mol. The van der Waals surface area contributed by atoms with Gasteiger partial charge in [0.1, 0.15) is 11.8 Å². The predicted molar refractivity (Wildman–Crippen MR) is 51.2 cm³/mol. The van der Waals surface area contributed by atoms with Crippen molar-refractivity contribution in [2.45, 2.75) is 18.9 Å². The molecule has 1 heterocycles. The fraction of sp³-hybridized carbons (Fsp3) is 0.300. The van der Waals surface area contributed by atoms with E-state index < -0.39 is 0 Å². The molecule has 4 nitrogen and oxygen atoms in total. The highest BCUT2D eigenvalue weighted by atomic mass is 16.1. The van der Waals surface area contributed by atoms with E-state index in [4.69, 9.17) is 0 Å². The zero-order valence-corrected chi connectivity index (χ0v) is 7.55. The molecule has 0 unspecified atom stereocenters. The number of aromatic nitrogens is 3. The molecule has 0 amide bonds. The van der Waals surface area contributed by atoms with Crippen molar-refractivity contribution in [3.8, 4) is 0 Å². The normalized spacial score (nSPS) is 16.0. The number of hydrogen-bond donors (Lipinski definition) is 0. The van der Waals surface area contributed by atoms with E-state index >= 15 is 0 Å². The first-order valence-electron chi connectivity index (χ1n) is 4.68. The zero-order valence-electron chi connectivity index (χ0n) is 7.55. The third-order valence-electron chi connectivity index (χ3n) is 2.52. The van der Waals surface area contributed by atoms with Crippen LogP contribution >= 0.6 is 0 Å². The highest BCUT2D eigenvalue weighted by Gasteiger charge is 2.26. The van der Waals surface area contributed by atoms with E-state index in [0.717, 1.165) is 17.3 Å². The molecular formula is C10H9N3O. The summed E-state index contributed by atoms with van der Waals surface area (Å²) in [6, 6.07) is 6.02. The van der Waals surface area contributed by atoms with Gasteiger partial charge in [0.05, 0.1) is 11.6 Å². The van der Waals surface area contributed by atoms with Crippen molar-refractivity contribution < 1.29 is 4.79 Å². The van der Waals surface area contributed by atoms with Gasteiger partial charge in [-0.3, -0.25) is 4.79 Å². The average molecular weight is 187 g/mol. The molecule has 0 N–H and O–H groups in total. The van der Waals surface area contributed by atoms with Gasteiger partial charge in [-0.1, -0.05) is 5.21 Å². The molecule has 2 aromatic rings. The monoisotopic (exact) mass is 187 g/mol. The van der Waals surface area contributed by atoms with E-state index in [1.165, 1.54) is 12.8 Å². The summed E-state index contributed by atoms with van der Waals surface area (Å²) < 4.78 is 1.95. The Morgan fingerprint density at radius 2 is 2.29 bits per heavy atom. The Balaban J connectivity index is 2.21. The number of aldehydes is 1. The van der Waals surface area contributed by atoms with Crippen LogP contribution in [0.5, 0.6) is 0 Å². The Morgan fingerprint density at radius 1 is 1.43 bits per heavy atom. The van der Waals surface area contributed by atoms with Gasteiger partial charge in [-0.2, -0.15) is 0 Å². The quantitative estimate of drug-likeness (QED) is 0.670. The van der Waals surface area contributed by atoms with Crippen molar-refractivity contribution in [3.05, 3.63) is 23.8 Å². The van der Waals surface area contributed by atoms with Crippen LogP contribution in [-0.4, -0.2) is 21.3 Å². The minimum atomic E-state index is 0.530. The smallest absolute Gasteiger partial charge is 0.150 e. The fourth-order valence-electron chi connectivity index (χ4n) is 1.62. The molecule has 0 radical (unpaired) electrons. The van der Waals surface area contributed by atoms with Gasteiger partial charge >= 0.3 is 0 Å². The van der Waals surface area contributed by atoms with Crippen molar-refractivity contribution in [2.75, 3.05) is 0 Å². The molecule has 1 aromatic heterocycles. The zero-order chi connectivity index (χ0) is 9.54. The van der Waals surface area contributed by atoms with E-state index in [2.05, 4.69) is 10.3 Å². The molecule has 0 bridgehead atoms. The molecule has 1 aromatic carbocycles. The Morgan fingerprint density at radius 3 is 3.00 bits per heavy atom. The molecule has 14 heavy (non-hydrogen) atoms. The van der Waals surface area contributed by atoms with Gasteiger partial charge in [-0.25, -0.2) is 4.68 Å². The summed E-state index contributed by atoms with van der Waals surface area (Å²) >= 11 is 0. The van der Waals surface area contributed by atoms with Crippen LogP contribution in [0, 0.1) is 0 Å². The van der Waals surface area contributed by atoms with Crippen LogP contribution in [0.15, 0.2) is 18.2 Å². The standard InChI is InChI=1S/C10H9N3O/c14-6-7-1-4-10-9(5-7)11-12-13(10)8-2-3-8/h1,4-6,8H,2-3H2. The number of rotatable bonds is 2. The second-order valence-corrected chi connectivity index (χ2v) is 3.63. The minimum Gasteiger partial charge on any atom is -0.298 e. The average Bonchev–Trinajstić information content (AvgIpc) is 2.98. The number of fused-ring (bicyclic) bond motifs is 1. The van der Waals surface area contributed by atoms with Gasteiger partial charge in [0, 0.05) is 5.56 Å². The van der Waals surface area contributed by atoms with Crippen LogP contribution in [-0.2, 0) is 0 Å². The van der Waals surface area contributed by atoms with Crippen molar-refractivity contribution in [1.29, 1.82) is 0 Å². The summed E-state index contributed by atoms with van der Waals surface area (Å²) in [5.41, 5.74) is 2.49. The lowest BCUT2D eigenvalue weighted by Crippen LogP contribution is -1.95. The highest BCUT2D eigenvalue weighted by Crippen LogP contribution is 2.35. The van der Waals surface area contributed by atoms with Crippen LogP contribution in [0.1, 0.15) is 29.2 Å². The second-order valence-electron chi connectivity index (χ2n) is 3.63. The van der Waals surface area contributed by atoms with E-state index in [1.807, 2.05) is 10.7 Å². The number of nitrogens with zero attached hydrogens (tertiary/aromatic N) is 3. The molecule has 4 heteroatoms. The summed E-state index contributed by atoms with van der Waals surface area (Å²) in [7, 11) is 0. The van der Waals surface area contributed by atoms with E-state index in [1.54, 1.807) is 12.1 Å². The predicted octanol–water partition coefficient (Wildman–Crippen LogP) is 1.58. The van der Waals surface area contributed by atoms with E-state index in [0.29, 0.717) is 11.6 Å². The molecule has 0 atom stereocenters. The topological polar surface area (TPSA) is 47.8 Å². The Kier molecular flexibility index (Phi) is 1.45. The van der Waals surface area contributed by atoms with Crippen molar-refractivity contribution in [3.63, 3.8) is 0 Å². The Hall–Kier alpha value is -1.71. The molecule has 3 rings (SSSR count). The summed E-state index contributed by atoms with van der Waals surface area (Å²) in [5.74, 6) is 0. The van der Waals surface area contributed by atoms with Crippen molar-refractivity contribution >= 4 is 17.3 Å². The molecule has 1 aliphatic carbocycles.